The third kappa shape index (κ3) is 2.95. The van der Waals surface area contributed by atoms with Gasteiger partial charge in [0, 0.05) is 36.9 Å². The number of hydrogen-bond acceptors (Lipinski definition) is 6. The van der Waals surface area contributed by atoms with Crippen LogP contribution in [-0.2, 0) is 16.1 Å². The zero-order valence-electron chi connectivity index (χ0n) is 16.4. The Kier molecular flexibility index (Phi) is 4.61. The summed E-state index contributed by atoms with van der Waals surface area (Å²) in [5.74, 6) is 0.173. The number of anilines is 1. The first-order valence-electron chi connectivity index (χ1n) is 9.18. The van der Waals surface area contributed by atoms with Gasteiger partial charge in [-0.2, -0.15) is 5.26 Å². The second-order valence-corrected chi connectivity index (χ2v) is 6.58. The minimum Gasteiger partial charge on any atom is -0.465 e. The summed E-state index contributed by atoms with van der Waals surface area (Å²) in [6.45, 7) is 2.77. The lowest BCUT2D eigenvalue weighted by Crippen LogP contribution is -2.29. The minimum absolute atomic E-state index is 0.304. The van der Waals surface area contributed by atoms with Crippen molar-refractivity contribution in [1.82, 2.24) is 9.55 Å². The number of hydrogen-bond donors (Lipinski definition) is 0. The Morgan fingerprint density at radius 3 is 2.83 bits per heavy atom. The molecule has 4 rings (SSSR count). The van der Waals surface area contributed by atoms with Crippen molar-refractivity contribution in [2.24, 2.45) is 4.99 Å². The molecule has 0 radical (unpaired) electrons. The summed E-state index contributed by atoms with van der Waals surface area (Å²) >= 11 is 0. The molecule has 0 N–H and O–H groups in total. The van der Waals surface area contributed by atoms with Gasteiger partial charge in [-0.15, -0.1) is 0 Å². The molecular formula is C22H19N5O2. The number of fused-ring (bicyclic) bond motifs is 2. The van der Waals surface area contributed by atoms with E-state index in [-0.39, 0.29) is 0 Å². The Morgan fingerprint density at radius 2 is 2.10 bits per heavy atom. The van der Waals surface area contributed by atoms with E-state index in [0.717, 1.165) is 29.0 Å². The van der Waals surface area contributed by atoms with Gasteiger partial charge in [0.15, 0.2) is 5.84 Å². The molecule has 0 bridgehead atoms. The molecule has 1 aromatic carbocycles. The number of amidine groups is 1. The molecule has 0 fully saturated rings. The standard InChI is InChI=1S/C22H19N5O2/c1-4-27-19(11-15-6-5-9-24-20(15)27)21-25-13-17(22(28)29-3)16-10-14(12-23)7-8-18(16)26(21)2/h5-11,13H,4H2,1-3H3. The monoisotopic (exact) mass is 385 g/mol. The molecule has 3 aromatic rings. The predicted molar refractivity (Wildman–Crippen MR) is 111 cm³/mol. The van der Waals surface area contributed by atoms with Crippen molar-refractivity contribution in [2.45, 2.75) is 13.5 Å². The molecule has 0 spiro atoms. The van der Waals surface area contributed by atoms with Crippen molar-refractivity contribution >= 4 is 34.1 Å². The van der Waals surface area contributed by atoms with E-state index in [4.69, 9.17) is 4.74 Å². The zero-order chi connectivity index (χ0) is 20.5. The van der Waals surface area contributed by atoms with Gasteiger partial charge in [-0.3, -0.25) is 0 Å². The fourth-order valence-corrected chi connectivity index (χ4v) is 3.61. The van der Waals surface area contributed by atoms with Crippen LogP contribution in [0.15, 0.2) is 53.8 Å². The van der Waals surface area contributed by atoms with E-state index in [1.807, 2.05) is 36.2 Å². The van der Waals surface area contributed by atoms with E-state index < -0.39 is 5.97 Å². The van der Waals surface area contributed by atoms with Crippen LogP contribution in [0.2, 0.25) is 0 Å². The van der Waals surface area contributed by atoms with E-state index in [1.165, 1.54) is 13.3 Å². The highest BCUT2D eigenvalue weighted by molar-refractivity contribution is 6.22. The van der Waals surface area contributed by atoms with Crippen LogP contribution in [0.4, 0.5) is 5.69 Å². The lowest BCUT2D eigenvalue weighted by Gasteiger charge is -2.23. The highest BCUT2D eigenvalue weighted by Crippen LogP contribution is 2.33. The summed E-state index contributed by atoms with van der Waals surface area (Å²) in [7, 11) is 3.22. The van der Waals surface area contributed by atoms with E-state index >= 15 is 0 Å². The number of benzene rings is 1. The smallest absolute Gasteiger partial charge is 0.340 e. The number of aryl methyl sites for hydroxylation is 1. The summed E-state index contributed by atoms with van der Waals surface area (Å²) in [5, 5.41) is 10.3. The predicted octanol–water partition coefficient (Wildman–Crippen LogP) is 3.34. The minimum atomic E-state index is -0.502. The number of ether oxygens (including phenoxy) is 1. The van der Waals surface area contributed by atoms with E-state index in [0.29, 0.717) is 22.5 Å². The first kappa shape index (κ1) is 18.4. The normalized spacial score (nSPS) is 13.2. The number of carbonyl (C=O) groups is 1. The molecule has 1 aliphatic rings. The van der Waals surface area contributed by atoms with Crippen molar-refractivity contribution in [3.05, 3.63) is 65.6 Å². The number of methoxy groups -OCH3 is 1. The van der Waals surface area contributed by atoms with Crippen LogP contribution in [-0.4, -0.2) is 35.5 Å². The maximum Gasteiger partial charge on any atom is 0.340 e. The van der Waals surface area contributed by atoms with Gasteiger partial charge < -0.3 is 14.2 Å². The van der Waals surface area contributed by atoms with Crippen molar-refractivity contribution in [2.75, 3.05) is 19.1 Å². The fourth-order valence-electron chi connectivity index (χ4n) is 3.61. The molecule has 0 atom stereocenters. The highest BCUT2D eigenvalue weighted by atomic mass is 16.5. The van der Waals surface area contributed by atoms with Crippen LogP contribution in [0.5, 0.6) is 0 Å². The molecule has 0 saturated heterocycles. The van der Waals surface area contributed by atoms with Gasteiger partial charge >= 0.3 is 5.97 Å². The Hall–Kier alpha value is -3.92. The maximum atomic E-state index is 12.4. The molecule has 0 unspecified atom stereocenters. The van der Waals surface area contributed by atoms with Crippen LogP contribution < -0.4 is 4.90 Å². The van der Waals surface area contributed by atoms with Gasteiger partial charge in [0.2, 0.25) is 0 Å². The number of esters is 1. The number of aliphatic imine (C=N–C) groups is 1. The van der Waals surface area contributed by atoms with Crippen LogP contribution >= 0.6 is 0 Å². The van der Waals surface area contributed by atoms with Crippen molar-refractivity contribution in [1.29, 1.82) is 5.26 Å². The van der Waals surface area contributed by atoms with Gasteiger partial charge in [0.05, 0.1) is 35.7 Å². The van der Waals surface area contributed by atoms with Gasteiger partial charge in [-0.25, -0.2) is 14.8 Å². The number of nitrogens with zero attached hydrogens (tertiary/aromatic N) is 5. The van der Waals surface area contributed by atoms with Gasteiger partial charge in [-0.1, -0.05) is 0 Å². The van der Waals surface area contributed by atoms with Crippen molar-refractivity contribution < 1.29 is 9.53 Å². The molecule has 3 heterocycles. The molecular weight excluding hydrogens is 366 g/mol. The first-order valence-corrected chi connectivity index (χ1v) is 9.18. The van der Waals surface area contributed by atoms with E-state index in [2.05, 4.69) is 27.5 Å². The molecule has 0 saturated carbocycles. The molecule has 1 aliphatic heterocycles. The summed E-state index contributed by atoms with van der Waals surface area (Å²) in [5.41, 5.74) is 3.90. The van der Waals surface area contributed by atoms with Gasteiger partial charge in [0.1, 0.15) is 5.65 Å². The van der Waals surface area contributed by atoms with E-state index in [1.54, 1.807) is 18.3 Å². The summed E-state index contributed by atoms with van der Waals surface area (Å²) in [6, 6.07) is 13.3. The number of rotatable bonds is 3. The molecule has 0 amide bonds. The molecule has 144 valence electrons. The van der Waals surface area contributed by atoms with Crippen molar-refractivity contribution in [3.8, 4) is 6.07 Å². The molecule has 2 aromatic heterocycles. The zero-order valence-corrected chi connectivity index (χ0v) is 16.4. The first-order chi connectivity index (χ1) is 14.1. The number of pyridine rings is 1. The van der Waals surface area contributed by atoms with Crippen molar-refractivity contribution in [3.63, 3.8) is 0 Å². The molecule has 7 nitrogen and oxygen atoms in total. The average molecular weight is 385 g/mol. The lowest BCUT2D eigenvalue weighted by molar-refractivity contribution is -0.133. The largest absolute Gasteiger partial charge is 0.465 e. The molecule has 7 heteroatoms. The van der Waals surface area contributed by atoms with E-state index in [9.17, 15) is 10.1 Å². The topological polar surface area (TPSA) is 83.5 Å². The SMILES string of the molecule is CCn1c(C2=NC=C(C(=O)OC)c3cc(C#N)ccc3N2C)cc2cccnc21. The quantitative estimate of drug-likeness (QED) is 0.646. The van der Waals surface area contributed by atoms with Gasteiger partial charge in [0.25, 0.3) is 0 Å². The summed E-state index contributed by atoms with van der Waals surface area (Å²) in [6.07, 6.45) is 3.28. The number of aromatic nitrogens is 2. The van der Waals surface area contributed by atoms with Crippen LogP contribution in [0, 0.1) is 11.3 Å². The summed E-state index contributed by atoms with van der Waals surface area (Å²) in [4.78, 5) is 23.5. The Balaban J connectivity index is 1.97. The fraction of sp³-hybridized carbons (Fsp3) is 0.182. The second kappa shape index (κ2) is 7.24. The average Bonchev–Trinajstić information content (AvgIpc) is 3.06. The second-order valence-electron chi connectivity index (χ2n) is 6.58. The Morgan fingerprint density at radius 1 is 1.28 bits per heavy atom. The summed E-state index contributed by atoms with van der Waals surface area (Å²) < 4.78 is 7.04. The highest BCUT2D eigenvalue weighted by Gasteiger charge is 2.26. The molecule has 0 aliphatic carbocycles. The number of nitriles is 1. The Bertz CT molecular complexity index is 1230. The maximum absolute atomic E-state index is 12.4. The Labute approximate surface area is 168 Å². The van der Waals surface area contributed by atoms with Gasteiger partial charge in [-0.05, 0) is 43.3 Å². The third-order valence-electron chi connectivity index (χ3n) is 5.02. The third-order valence-corrected chi connectivity index (χ3v) is 5.02. The van der Waals surface area contributed by atoms with Crippen LogP contribution in [0.3, 0.4) is 0 Å². The van der Waals surface area contributed by atoms with Crippen LogP contribution in [0.25, 0.3) is 16.6 Å². The van der Waals surface area contributed by atoms with Crippen LogP contribution in [0.1, 0.15) is 23.7 Å². The lowest BCUT2D eigenvalue weighted by atomic mass is 10.0. The molecule has 29 heavy (non-hydrogen) atoms. The number of carbonyl (C=O) groups excluding carboxylic acids is 1.